The number of nitroso groups, excluding NO2 is 1. The summed E-state index contributed by atoms with van der Waals surface area (Å²) in [6, 6.07) is 8.36. The van der Waals surface area contributed by atoms with Crippen LogP contribution in [0.3, 0.4) is 0 Å². The summed E-state index contributed by atoms with van der Waals surface area (Å²) in [7, 11) is 0. The van der Waals surface area contributed by atoms with Crippen LogP contribution >= 0.6 is 0 Å². The van der Waals surface area contributed by atoms with Gasteiger partial charge in [0.15, 0.2) is 6.04 Å². The van der Waals surface area contributed by atoms with Crippen LogP contribution < -0.4 is 0 Å². The summed E-state index contributed by atoms with van der Waals surface area (Å²) in [6.07, 6.45) is 0.984. The Hall–Kier alpha value is -1.71. The van der Waals surface area contributed by atoms with Crippen LogP contribution in [0.1, 0.15) is 46.6 Å². The van der Waals surface area contributed by atoms with E-state index in [-0.39, 0.29) is 11.8 Å². The summed E-state index contributed by atoms with van der Waals surface area (Å²) in [5, 5.41) is 2.94. The molecule has 0 radical (unpaired) electrons. The molecule has 0 heterocycles. The van der Waals surface area contributed by atoms with Gasteiger partial charge in [-0.3, -0.25) is 0 Å². The SMILES string of the molecule is CC(C)(C)CC(C)(C)OC(=O)[C@H](Cc1ccccc1)N=O. The van der Waals surface area contributed by atoms with Crippen LogP contribution in [0, 0.1) is 10.3 Å². The smallest absolute Gasteiger partial charge is 0.335 e. The van der Waals surface area contributed by atoms with Crippen molar-refractivity contribution in [3.63, 3.8) is 0 Å². The second-order valence-corrected chi connectivity index (χ2v) is 7.23. The molecule has 0 aliphatic heterocycles. The quantitative estimate of drug-likeness (QED) is 0.585. The van der Waals surface area contributed by atoms with Crippen LogP contribution in [0.4, 0.5) is 0 Å². The lowest BCUT2D eigenvalue weighted by atomic mass is 9.83. The van der Waals surface area contributed by atoms with Crippen molar-refractivity contribution >= 4 is 5.97 Å². The Morgan fingerprint density at radius 2 is 1.71 bits per heavy atom. The van der Waals surface area contributed by atoms with E-state index >= 15 is 0 Å². The van der Waals surface area contributed by atoms with E-state index in [1.807, 2.05) is 44.2 Å². The Morgan fingerprint density at radius 1 is 1.14 bits per heavy atom. The normalized spacial score (nSPS) is 13.6. The van der Waals surface area contributed by atoms with Gasteiger partial charge in [-0.05, 0) is 31.2 Å². The maximum absolute atomic E-state index is 12.2. The third-order valence-corrected chi connectivity index (χ3v) is 3.00. The molecule has 1 atom stereocenters. The Labute approximate surface area is 126 Å². The number of benzene rings is 1. The van der Waals surface area contributed by atoms with Gasteiger partial charge in [-0.1, -0.05) is 56.3 Å². The summed E-state index contributed by atoms with van der Waals surface area (Å²) in [6.45, 7) is 9.98. The summed E-state index contributed by atoms with van der Waals surface area (Å²) < 4.78 is 5.51. The van der Waals surface area contributed by atoms with Crippen molar-refractivity contribution in [1.29, 1.82) is 0 Å². The highest BCUT2D eigenvalue weighted by molar-refractivity contribution is 5.76. The van der Waals surface area contributed by atoms with E-state index in [2.05, 4.69) is 25.9 Å². The Balaban J connectivity index is 2.69. The molecule has 4 heteroatoms. The summed E-state index contributed by atoms with van der Waals surface area (Å²) >= 11 is 0. The summed E-state index contributed by atoms with van der Waals surface area (Å²) in [5.41, 5.74) is 0.315. The average molecular weight is 291 g/mol. The van der Waals surface area contributed by atoms with E-state index in [4.69, 9.17) is 4.74 Å². The maximum atomic E-state index is 12.2. The molecule has 0 fully saturated rings. The molecule has 1 rings (SSSR count). The topological polar surface area (TPSA) is 55.7 Å². The van der Waals surface area contributed by atoms with E-state index < -0.39 is 17.6 Å². The molecule has 0 aliphatic rings. The van der Waals surface area contributed by atoms with Crippen LogP contribution in [0.25, 0.3) is 0 Å². The molecule has 116 valence electrons. The maximum Gasteiger partial charge on any atom is 0.335 e. The second kappa shape index (κ2) is 6.83. The zero-order valence-electron chi connectivity index (χ0n) is 13.6. The number of hydrogen-bond donors (Lipinski definition) is 0. The molecule has 0 spiro atoms. The van der Waals surface area contributed by atoms with E-state index in [1.54, 1.807) is 0 Å². The van der Waals surface area contributed by atoms with Crippen molar-refractivity contribution in [1.82, 2.24) is 0 Å². The molecule has 0 bridgehead atoms. The predicted octanol–water partition coefficient (Wildman–Crippen LogP) is 4.12. The molecule has 1 aromatic rings. The van der Waals surface area contributed by atoms with Crippen LogP contribution in [0.5, 0.6) is 0 Å². The van der Waals surface area contributed by atoms with Crippen molar-refractivity contribution in [2.24, 2.45) is 10.6 Å². The Kier molecular flexibility index (Phi) is 5.64. The molecule has 0 amide bonds. The molecule has 0 aromatic heterocycles. The lowest BCUT2D eigenvalue weighted by molar-refractivity contribution is -0.160. The first-order chi connectivity index (χ1) is 9.63. The van der Waals surface area contributed by atoms with Gasteiger partial charge in [0, 0.05) is 6.42 Å². The van der Waals surface area contributed by atoms with Crippen LogP contribution in [-0.4, -0.2) is 17.6 Å². The Morgan fingerprint density at radius 3 is 2.19 bits per heavy atom. The van der Waals surface area contributed by atoms with Crippen molar-refractivity contribution < 1.29 is 9.53 Å². The molecule has 21 heavy (non-hydrogen) atoms. The van der Waals surface area contributed by atoms with E-state index in [9.17, 15) is 9.70 Å². The zero-order valence-corrected chi connectivity index (χ0v) is 13.6. The molecular formula is C17H25NO3. The minimum absolute atomic E-state index is 0.0350. The Bertz CT molecular complexity index is 475. The summed E-state index contributed by atoms with van der Waals surface area (Å²) in [4.78, 5) is 23.1. The van der Waals surface area contributed by atoms with Gasteiger partial charge in [-0.2, -0.15) is 0 Å². The van der Waals surface area contributed by atoms with Gasteiger partial charge in [-0.15, -0.1) is 4.91 Å². The van der Waals surface area contributed by atoms with Gasteiger partial charge in [0.2, 0.25) is 0 Å². The molecular weight excluding hydrogens is 266 g/mol. The second-order valence-electron chi connectivity index (χ2n) is 7.23. The lowest BCUT2D eigenvalue weighted by Gasteiger charge is -2.32. The van der Waals surface area contributed by atoms with Gasteiger partial charge in [0.1, 0.15) is 5.60 Å². The third-order valence-electron chi connectivity index (χ3n) is 3.00. The average Bonchev–Trinajstić information content (AvgIpc) is 2.33. The van der Waals surface area contributed by atoms with Gasteiger partial charge in [0.05, 0.1) is 0 Å². The molecule has 0 aliphatic carbocycles. The highest BCUT2D eigenvalue weighted by atomic mass is 16.6. The van der Waals surface area contributed by atoms with E-state index in [0.717, 1.165) is 5.56 Å². The number of rotatable bonds is 6. The fraction of sp³-hybridized carbons (Fsp3) is 0.588. The first kappa shape index (κ1) is 17.3. The van der Waals surface area contributed by atoms with Gasteiger partial charge < -0.3 is 4.74 Å². The first-order valence-electron chi connectivity index (χ1n) is 7.22. The van der Waals surface area contributed by atoms with Crippen LogP contribution in [0.15, 0.2) is 35.5 Å². The van der Waals surface area contributed by atoms with E-state index in [1.165, 1.54) is 0 Å². The standard InChI is InChI=1S/C17H25NO3/c1-16(2,3)12-17(4,5)21-15(19)14(18-20)11-13-9-7-6-8-10-13/h6-10,14H,11-12H2,1-5H3/t14-/m0/s1. The molecule has 0 unspecified atom stereocenters. The fourth-order valence-electron chi connectivity index (χ4n) is 2.65. The first-order valence-corrected chi connectivity index (χ1v) is 7.22. The van der Waals surface area contributed by atoms with Crippen molar-refractivity contribution in [3.05, 3.63) is 40.8 Å². The molecule has 0 saturated carbocycles. The van der Waals surface area contributed by atoms with Gasteiger partial charge >= 0.3 is 5.97 Å². The summed E-state index contributed by atoms with van der Waals surface area (Å²) in [5.74, 6) is -0.553. The largest absolute Gasteiger partial charge is 0.458 e. The van der Waals surface area contributed by atoms with Crippen LogP contribution in [0.2, 0.25) is 0 Å². The van der Waals surface area contributed by atoms with E-state index in [0.29, 0.717) is 6.42 Å². The highest BCUT2D eigenvalue weighted by Gasteiger charge is 2.32. The monoisotopic (exact) mass is 291 g/mol. The molecule has 0 N–H and O–H groups in total. The molecule has 1 aromatic carbocycles. The third kappa shape index (κ3) is 6.52. The highest BCUT2D eigenvalue weighted by Crippen LogP contribution is 2.30. The van der Waals surface area contributed by atoms with Crippen molar-refractivity contribution in [2.45, 2.75) is 59.1 Å². The minimum Gasteiger partial charge on any atom is -0.458 e. The zero-order chi connectivity index (χ0) is 16.1. The lowest BCUT2D eigenvalue weighted by Crippen LogP contribution is -2.37. The van der Waals surface area contributed by atoms with Crippen molar-refractivity contribution in [2.75, 3.05) is 0 Å². The van der Waals surface area contributed by atoms with Crippen molar-refractivity contribution in [3.8, 4) is 0 Å². The molecule has 4 nitrogen and oxygen atoms in total. The number of carbonyl (C=O) groups excluding carboxylic acids is 1. The van der Waals surface area contributed by atoms with Gasteiger partial charge in [-0.25, -0.2) is 4.79 Å². The molecule has 0 saturated heterocycles. The predicted molar refractivity (Wildman–Crippen MR) is 84.0 cm³/mol. The number of esters is 1. The number of carbonyl (C=O) groups is 1. The fourth-order valence-corrected chi connectivity index (χ4v) is 2.65. The number of ether oxygens (including phenoxy) is 1. The van der Waals surface area contributed by atoms with Crippen LogP contribution in [-0.2, 0) is 16.0 Å². The number of hydrogen-bond acceptors (Lipinski definition) is 4. The minimum atomic E-state index is -0.994. The van der Waals surface area contributed by atoms with Gasteiger partial charge in [0.25, 0.3) is 0 Å². The number of nitrogens with zero attached hydrogens (tertiary/aromatic N) is 1.